The summed E-state index contributed by atoms with van der Waals surface area (Å²) in [5, 5.41) is 0. The zero-order chi connectivity index (χ0) is 12.5. The monoisotopic (exact) mass is 234 g/mol. The fraction of sp³-hybridized carbons (Fsp3) is 0.545. The fourth-order valence-corrected chi connectivity index (χ4v) is 1.59. The van der Waals surface area contributed by atoms with Crippen LogP contribution in [0.5, 0.6) is 0 Å². The van der Waals surface area contributed by atoms with E-state index in [1.807, 2.05) is 4.57 Å². The van der Waals surface area contributed by atoms with E-state index in [-0.39, 0.29) is 5.41 Å². The number of rotatable bonds is 4. The lowest BCUT2D eigenvalue weighted by Crippen LogP contribution is -2.25. The number of nitrogen functional groups attached to an aromatic ring is 1. The molecule has 4 N–H and O–H groups in total. The number of nitrogens with two attached hydrogens (primary N) is 2. The third-order valence-electron chi connectivity index (χ3n) is 3.01. The van der Waals surface area contributed by atoms with Gasteiger partial charge in [-0.25, -0.2) is 15.0 Å². The summed E-state index contributed by atoms with van der Waals surface area (Å²) < 4.78 is 1.99. The second-order valence-corrected chi connectivity index (χ2v) is 4.99. The Morgan fingerprint density at radius 3 is 2.76 bits per heavy atom. The molecule has 0 atom stereocenters. The molecule has 2 rings (SSSR count). The maximum Gasteiger partial charge on any atom is 0.165 e. The van der Waals surface area contributed by atoms with E-state index in [4.69, 9.17) is 11.5 Å². The van der Waals surface area contributed by atoms with Crippen molar-refractivity contribution < 1.29 is 0 Å². The van der Waals surface area contributed by atoms with Gasteiger partial charge in [0.1, 0.15) is 11.8 Å². The molecule has 0 bridgehead atoms. The lowest BCUT2D eigenvalue weighted by Gasteiger charge is -2.22. The van der Waals surface area contributed by atoms with Gasteiger partial charge in [0.2, 0.25) is 0 Å². The van der Waals surface area contributed by atoms with Crippen LogP contribution in [0.1, 0.15) is 20.3 Å². The maximum atomic E-state index is 5.73. The van der Waals surface area contributed by atoms with Crippen molar-refractivity contribution >= 4 is 17.0 Å². The molecule has 2 aromatic heterocycles. The zero-order valence-electron chi connectivity index (χ0n) is 10.2. The van der Waals surface area contributed by atoms with Gasteiger partial charge in [-0.2, -0.15) is 0 Å². The molecule has 2 aromatic rings. The van der Waals surface area contributed by atoms with Crippen LogP contribution in [-0.2, 0) is 6.54 Å². The number of aromatic nitrogens is 4. The molecular weight excluding hydrogens is 216 g/mol. The van der Waals surface area contributed by atoms with E-state index in [0.717, 1.165) is 18.6 Å². The molecule has 0 amide bonds. The largest absolute Gasteiger partial charge is 0.382 e. The van der Waals surface area contributed by atoms with Gasteiger partial charge in [0.15, 0.2) is 11.5 Å². The smallest absolute Gasteiger partial charge is 0.165 e. The van der Waals surface area contributed by atoms with Crippen LogP contribution in [0.4, 0.5) is 5.82 Å². The molecule has 0 aliphatic rings. The van der Waals surface area contributed by atoms with Gasteiger partial charge < -0.3 is 16.0 Å². The second-order valence-electron chi connectivity index (χ2n) is 4.99. The highest BCUT2D eigenvalue weighted by Gasteiger charge is 2.16. The van der Waals surface area contributed by atoms with E-state index in [0.29, 0.717) is 17.9 Å². The Labute approximate surface area is 100 Å². The molecule has 0 aliphatic heterocycles. The second kappa shape index (κ2) is 4.29. The maximum absolute atomic E-state index is 5.73. The Kier molecular flexibility index (Phi) is 2.97. The van der Waals surface area contributed by atoms with Crippen molar-refractivity contribution in [1.29, 1.82) is 0 Å². The number of hydrogen-bond acceptors (Lipinski definition) is 5. The first-order valence-corrected chi connectivity index (χ1v) is 5.65. The molecule has 6 heteroatoms. The van der Waals surface area contributed by atoms with Gasteiger partial charge in [0.25, 0.3) is 0 Å². The Hall–Kier alpha value is -1.69. The van der Waals surface area contributed by atoms with Gasteiger partial charge in [-0.15, -0.1) is 0 Å². The highest BCUT2D eigenvalue weighted by molar-refractivity contribution is 5.80. The van der Waals surface area contributed by atoms with Crippen molar-refractivity contribution in [2.45, 2.75) is 26.8 Å². The highest BCUT2D eigenvalue weighted by Crippen LogP contribution is 2.21. The number of fused-ring (bicyclic) bond motifs is 1. The minimum Gasteiger partial charge on any atom is -0.382 e. The van der Waals surface area contributed by atoms with Crippen molar-refractivity contribution in [1.82, 2.24) is 19.5 Å². The third-order valence-corrected chi connectivity index (χ3v) is 3.01. The SMILES string of the molecule is CC(C)(CN)CCn1cnc2c(N)ncnc21. The van der Waals surface area contributed by atoms with Crippen LogP contribution in [0.25, 0.3) is 11.2 Å². The molecule has 92 valence electrons. The average molecular weight is 234 g/mol. The third kappa shape index (κ3) is 2.36. The van der Waals surface area contributed by atoms with Crippen molar-refractivity contribution in [2.24, 2.45) is 11.1 Å². The van der Waals surface area contributed by atoms with Crippen LogP contribution >= 0.6 is 0 Å². The molecule has 0 unspecified atom stereocenters. The van der Waals surface area contributed by atoms with Crippen molar-refractivity contribution in [3.8, 4) is 0 Å². The summed E-state index contributed by atoms with van der Waals surface area (Å²) in [6, 6.07) is 0. The van der Waals surface area contributed by atoms with Gasteiger partial charge in [0.05, 0.1) is 6.33 Å². The highest BCUT2D eigenvalue weighted by atomic mass is 15.1. The molecule has 0 aromatic carbocycles. The first-order valence-electron chi connectivity index (χ1n) is 5.65. The molecule has 0 radical (unpaired) electrons. The summed E-state index contributed by atoms with van der Waals surface area (Å²) >= 11 is 0. The van der Waals surface area contributed by atoms with Gasteiger partial charge >= 0.3 is 0 Å². The van der Waals surface area contributed by atoms with E-state index in [1.54, 1.807) is 6.33 Å². The molecule has 17 heavy (non-hydrogen) atoms. The van der Waals surface area contributed by atoms with Crippen LogP contribution < -0.4 is 11.5 Å². The summed E-state index contributed by atoms with van der Waals surface area (Å²) in [5.74, 6) is 0.423. The summed E-state index contributed by atoms with van der Waals surface area (Å²) in [4.78, 5) is 12.3. The quantitative estimate of drug-likeness (QED) is 0.815. The van der Waals surface area contributed by atoms with Gasteiger partial charge in [-0.05, 0) is 18.4 Å². The van der Waals surface area contributed by atoms with Crippen LogP contribution in [0.15, 0.2) is 12.7 Å². The predicted molar refractivity (Wildman–Crippen MR) is 67.2 cm³/mol. The Bertz CT molecular complexity index is 516. The van der Waals surface area contributed by atoms with E-state index < -0.39 is 0 Å². The van der Waals surface area contributed by atoms with E-state index in [2.05, 4.69) is 28.8 Å². The predicted octanol–water partition coefficient (Wildman–Crippen LogP) is 0.783. The number of anilines is 1. The van der Waals surface area contributed by atoms with Crippen molar-refractivity contribution in [2.75, 3.05) is 12.3 Å². The minimum atomic E-state index is 0.120. The van der Waals surface area contributed by atoms with Crippen molar-refractivity contribution in [3.05, 3.63) is 12.7 Å². The normalized spacial score (nSPS) is 12.2. The van der Waals surface area contributed by atoms with E-state index in [1.165, 1.54) is 6.33 Å². The number of imidazole rings is 1. The Balaban J connectivity index is 2.23. The summed E-state index contributed by atoms with van der Waals surface area (Å²) in [5.41, 5.74) is 13.0. The fourth-order valence-electron chi connectivity index (χ4n) is 1.59. The van der Waals surface area contributed by atoms with Crippen molar-refractivity contribution in [3.63, 3.8) is 0 Å². The first-order chi connectivity index (χ1) is 8.03. The van der Waals surface area contributed by atoms with Crippen LogP contribution in [0.3, 0.4) is 0 Å². The lowest BCUT2D eigenvalue weighted by molar-refractivity contribution is 0.326. The number of hydrogen-bond donors (Lipinski definition) is 2. The number of aryl methyl sites for hydroxylation is 1. The molecule has 0 fully saturated rings. The number of nitrogens with zero attached hydrogens (tertiary/aromatic N) is 4. The Morgan fingerprint density at radius 1 is 1.29 bits per heavy atom. The van der Waals surface area contributed by atoms with Crippen LogP contribution in [0, 0.1) is 5.41 Å². The first kappa shape index (κ1) is 11.8. The molecule has 0 spiro atoms. The van der Waals surface area contributed by atoms with Gasteiger partial charge in [-0.3, -0.25) is 0 Å². The lowest BCUT2D eigenvalue weighted by atomic mass is 9.90. The van der Waals surface area contributed by atoms with Crippen LogP contribution in [0.2, 0.25) is 0 Å². The Morgan fingerprint density at radius 2 is 2.06 bits per heavy atom. The molecule has 0 saturated heterocycles. The topological polar surface area (TPSA) is 95.6 Å². The zero-order valence-corrected chi connectivity index (χ0v) is 10.2. The average Bonchev–Trinajstić information content (AvgIpc) is 2.71. The minimum absolute atomic E-state index is 0.120. The summed E-state index contributed by atoms with van der Waals surface area (Å²) in [6.45, 7) is 5.79. The van der Waals surface area contributed by atoms with E-state index in [9.17, 15) is 0 Å². The molecule has 0 saturated carbocycles. The summed E-state index contributed by atoms with van der Waals surface area (Å²) in [6.07, 6.45) is 4.19. The molecule has 0 aliphatic carbocycles. The molecular formula is C11H18N6. The van der Waals surface area contributed by atoms with E-state index >= 15 is 0 Å². The summed E-state index contributed by atoms with van der Waals surface area (Å²) in [7, 11) is 0. The molecule has 2 heterocycles. The molecule has 6 nitrogen and oxygen atoms in total. The van der Waals surface area contributed by atoms with Gasteiger partial charge in [-0.1, -0.05) is 13.8 Å². The van der Waals surface area contributed by atoms with Crippen LogP contribution in [-0.4, -0.2) is 26.1 Å². The van der Waals surface area contributed by atoms with Gasteiger partial charge in [0, 0.05) is 6.54 Å². The standard InChI is InChI=1S/C11H18N6/c1-11(2,5-12)3-4-17-7-16-8-9(13)14-6-15-10(8)17/h6-7H,3-5,12H2,1-2H3,(H2,13,14,15).